The number of hydrogen-bond acceptors (Lipinski definition) is 4. The maximum Gasteiger partial charge on any atom is 0.272 e. The Hall–Kier alpha value is -3.22. The summed E-state index contributed by atoms with van der Waals surface area (Å²) in [4.78, 5) is 40.6. The zero-order valence-corrected chi connectivity index (χ0v) is 19.1. The molecule has 2 amide bonds. The van der Waals surface area contributed by atoms with Crippen LogP contribution in [0.5, 0.6) is 0 Å². The van der Waals surface area contributed by atoms with Gasteiger partial charge in [-0.3, -0.25) is 19.7 Å². The third-order valence-corrected chi connectivity index (χ3v) is 7.05. The molecule has 0 aliphatic carbocycles. The van der Waals surface area contributed by atoms with Crippen LogP contribution in [0.4, 0.5) is 5.69 Å². The van der Waals surface area contributed by atoms with Crippen molar-refractivity contribution in [2.45, 2.75) is 51.5 Å². The van der Waals surface area contributed by atoms with Gasteiger partial charge in [-0.1, -0.05) is 30.3 Å². The van der Waals surface area contributed by atoms with Crippen LogP contribution in [0.2, 0.25) is 0 Å². The van der Waals surface area contributed by atoms with Gasteiger partial charge < -0.3 is 9.80 Å². The summed E-state index contributed by atoms with van der Waals surface area (Å²) in [5, 5.41) is 11.1. The lowest BCUT2D eigenvalue weighted by molar-refractivity contribution is -0.385. The molecule has 33 heavy (non-hydrogen) atoms. The van der Waals surface area contributed by atoms with E-state index in [0.717, 1.165) is 45.2 Å². The van der Waals surface area contributed by atoms with Crippen LogP contribution in [-0.4, -0.2) is 52.2 Å². The maximum absolute atomic E-state index is 13.3. The minimum absolute atomic E-state index is 0.00395. The Balaban J connectivity index is 1.34. The first-order valence-electron chi connectivity index (χ1n) is 11.8. The van der Waals surface area contributed by atoms with E-state index in [9.17, 15) is 19.7 Å². The number of nitro groups is 1. The Morgan fingerprint density at radius 2 is 1.76 bits per heavy atom. The van der Waals surface area contributed by atoms with Crippen LogP contribution >= 0.6 is 0 Å². The van der Waals surface area contributed by atoms with Gasteiger partial charge in [-0.25, -0.2) is 0 Å². The third-order valence-electron chi connectivity index (χ3n) is 7.05. The second-order valence-corrected chi connectivity index (χ2v) is 9.21. The number of benzene rings is 2. The number of carbonyl (C=O) groups is 2. The topological polar surface area (TPSA) is 83.8 Å². The fraction of sp³-hybridized carbons (Fsp3) is 0.462. The van der Waals surface area contributed by atoms with Crippen molar-refractivity contribution in [3.63, 3.8) is 0 Å². The number of hydrogen-bond donors (Lipinski definition) is 0. The fourth-order valence-corrected chi connectivity index (χ4v) is 5.09. The summed E-state index contributed by atoms with van der Waals surface area (Å²) in [5.74, 6) is 0.446. The summed E-state index contributed by atoms with van der Waals surface area (Å²) < 4.78 is 0. The molecule has 2 aliphatic rings. The van der Waals surface area contributed by atoms with Crippen molar-refractivity contribution in [1.82, 2.24) is 9.80 Å². The molecular formula is C26H31N3O4. The first kappa shape index (κ1) is 23.0. The highest BCUT2D eigenvalue weighted by molar-refractivity contribution is 5.98. The van der Waals surface area contributed by atoms with Crippen molar-refractivity contribution in [2.75, 3.05) is 19.6 Å². The van der Waals surface area contributed by atoms with E-state index in [-0.39, 0.29) is 17.5 Å². The molecule has 2 aromatic rings. The lowest BCUT2D eigenvalue weighted by atomic mass is 9.90. The number of nitro benzene ring substituents is 1. The fourth-order valence-electron chi connectivity index (χ4n) is 5.09. The van der Waals surface area contributed by atoms with Gasteiger partial charge in [0.1, 0.15) is 6.04 Å². The van der Waals surface area contributed by atoms with Gasteiger partial charge in [0.05, 0.1) is 4.92 Å². The van der Waals surface area contributed by atoms with E-state index in [1.807, 2.05) is 11.0 Å². The minimum atomic E-state index is -0.449. The molecular weight excluding hydrogens is 418 g/mol. The predicted molar refractivity (Wildman–Crippen MR) is 126 cm³/mol. The SMILES string of the molecule is Cc1cc(C(=O)N2CCCC2C(=O)N2CCC(CCc3ccccc3)CC2)ccc1[N+](=O)[O-]. The van der Waals surface area contributed by atoms with E-state index in [0.29, 0.717) is 30.0 Å². The quantitative estimate of drug-likeness (QED) is 0.484. The lowest BCUT2D eigenvalue weighted by Crippen LogP contribution is -2.50. The lowest BCUT2D eigenvalue weighted by Gasteiger charge is -2.35. The van der Waals surface area contributed by atoms with Crippen LogP contribution in [0, 0.1) is 23.0 Å². The highest BCUT2D eigenvalue weighted by atomic mass is 16.6. The summed E-state index contributed by atoms with van der Waals surface area (Å²) >= 11 is 0. The summed E-state index contributed by atoms with van der Waals surface area (Å²) in [6, 6.07) is 14.5. The molecule has 4 rings (SSSR count). The smallest absolute Gasteiger partial charge is 0.272 e. The molecule has 2 aromatic carbocycles. The van der Waals surface area contributed by atoms with E-state index in [1.54, 1.807) is 17.9 Å². The molecule has 1 unspecified atom stereocenters. The Morgan fingerprint density at radius 3 is 2.42 bits per heavy atom. The molecule has 0 bridgehead atoms. The molecule has 7 heteroatoms. The van der Waals surface area contributed by atoms with Crippen molar-refractivity contribution in [3.8, 4) is 0 Å². The molecule has 0 saturated carbocycles. The van der Waals surface area contributed by atoms with Crippen LogP contribution in [-0.2, 0) is 11.2 Å². The highest BCUT2D eigenvalue weighted by Gasteiger charge is 2.38. The van der Waals surface area contributed by atoms with Gasteiger partial charge in [0.2, 0.25) is 5.91 Å². The van der Waals surface area contributed by atoms with Gasteiger partial charge >= 0.3 is 0 Å². The average molecular weight is 450 g/mol. The number of likely N-dealkylation sites (tertiary alicyclic amines) is 2. The summed E-state index contributed by atoms with van der Waals surface area (Å²) in [5.41, 5.74) is 2.20. The Labute approximate surface area is 194 Å². The van der Waals surface area contributed by atoms with Gasteiger partial charge in [0.25, 0.3) is 11.6 Å². The number of nitrogens with zero attached hydrogens (tertiary/aromatic N) is 3. The van der Waals surface area contributed by atoms with Crippen LogP contribution in [0.15, 0.2) is 48.5 Å². The molecule has 1 atom stereocenters. The second-order valence-electron chi connectivity index (χ2n) is 9.21. The monoisotopic (exact) mass is 449 g/mol. The van der Waals surface area contributed by atoms with Crippen LogP contribution < -0.4 is 0 Å². The normalized spacial score (nSPS) is 19.0. The van der Waals surface area contributed by atoms with Gasteiger partial charge in [-0.05, 0) is 69.1 Å². The molecule has 0 N–H and O–H groups in total. The zero-order chi connectivity index (χ0) is 23.4. The first-order valence-corrected chi connectivity index (χ1v) is 11.8. The molecule has 0 spiro atoms. The zero-order valence-electron chi connectivity index (χ0n) is 19.1. The van der Waals surface area contributed by atoms with Crippen molar-refractivity contribution in [2.24, 2.45) is 5.92 Å². The van der Waals surface area contributed by atoms with Crippen molar-refractivity contribution in [3.05, 3.63) is 75.3 Å². The Kier molecular flexibility index (Phi) is 7.06. The molecule has 2 aliphatic heterocycles. The maximum atomic E-state index is 13.3. The van der Waals surface area contributed by atoms with E-state index in [4.69, 9.17) is 0 Å². The summed E-state index contributed by atoms with van der Waals surface area (Å²) in [6.45, 7) is 3.66. The summed E-state index contributed by atoms with van der Waals surface area (Å²) in [6.07, 6.45) is 5.67. The summed E-state index contributed by atoms with van der Waals surface area (Å²) in [7, 11) is 0. The predicted octanol–water partition coefficient (Wildman–Crippen LogP) is 4.38. The Morgan fingerprint density at radius 1 is 1.03 bits per heavy atom. The van der Waals surface area contributed by atoms with E-state index >= 15 is 0 Å². The minimum Gasteiger partial charge on any atom is -0.341 e. The number of amides is 2. The third kappa shape index (κ3) is 5.24. The average Bonchev–Trinajstić information content (AvgIpc) is 3.32. The molecule has 0 radical (unpaired) electrons. The molecule has 2 saturated heterocycles. The number of rotatable bonds is 6. The Bertz CT molecular complexity index is 1020. The largest absolute Gasteiger partial charge is 0.341 e. The van der Waals surface area contributed by atoms with Gasteiger partial charge in [-0.15, -0.1) is 0 Å². The van der Waals surface area contributed by atoms with Crippen LogP contribution in [0.3, 0.4) is 0 Å². The molecule has 2 heterocycles. The molecule has 174 valence electrons. The van der Waals surface area contributed by atoms with Crippen LogP contribution in [0.25, 0.3) is 0 Å². The number of piperidine rings is 1. The van der Waals surface area contributed by atoms with E-state index < -0.39 is 11.0 Å². The van der Waals surface area contributed by atoms with Gasteiger partial charge in [0.15, 0.2) is 0 Å². The van der Waals surface area contributed by atoms with Gasteiger partial charge in [-0.2, -0.15) is 0 Å². The van der Waals surface area contributed by atoms with Gasteiger partial charge in [0, 0.05) is 36.8 Å². The molecule has 2 fully saturated rings. The van der Waals surface area contributed by atoms with E-state index in [2.05, 4.69) is 24.3 Å². The van der Waals surface area contributed by atoms with Crippen molar-refractivity contribution in [1.29, 1.82) is 0 Å². The highest BCUT2D eigenvalue weighted by Crippen LogP contribution is 2.28. The van der Waals surface area contributed by atoms with Crippen LogP contribution in [0.1, 0.15) is 53.6 Å². The number of carbonyl (C=O) groups excluding carboxylic acids is 2. The molecule has 7 nitrogen and oxygen atoms in total. The second kappa shape index (κ2) is 10.1. The first-order chi connectivity index (χ1) is 15.9. The standard InChI is InChI=1S/C26H31N3O4/c1-19-18-22(11-12-23(19)29(32)33)25(30)28-15-5-8-24(28)26(31)27-16-13-21(14-17-27)10-9-20-6-3-2-4-7-20/h2-4,6-7,11-12,18,21,24H,5,8-10,13-17H2,1H3. The molecule has 0 aromatic heterocycles. The van der Waals surface area contributed by atoms with E-state index in [1.165, 1.54) is 17.7 Å². The number of aryl methyl sites for hydroxylation is 2. The van der Waals surface area contributed by atoms with Crippen molar-refractivity contribution < 1.29 is 14.5 Å². The van der Waals surface area contributed by atoms with Crippen molar-refractivity contribution >= 4 is 17.5 Å².